The van der Waals surface area contributed by atoms with Gasteiger partial charge in [0.05, 0.1) is 6.26 Å². The molecular weight excluding hydrogens is 222 g/mol. The van der Waals surface area contributed by atoms with E-state index in [1.807, 2.05) is 18.4 Å². The van der Waals surface area contributed by atoms with Crippen LogP contribution in [0, 0.1) is 0 Å². The number of rotatable bonds is 6. The number of furan rings is 1. The van der Waals surface area contributed by atoms with Gasteiger partial charge in [-0.3, -0.25) is 0 Å². The van der Waals surface area contributed by atoms with Crippen LogP contribution in [0.1, 0.15) is 38.3 Å². The quantitative estimate of drug-likeness (QED) is 0.759. The van der Waals surface area contributed by atoms with Gasteiger partial charge in [-0.2, -0.15) is 0 Å². The van der Waals surface area contributed by atoms with Crippen molar-refractivity contribution in [2.75, 3.05) is 6.54 Å². The molecule has 1 aromatic carbocycles. The molecule has 1 N–H and O–H groups in total. The minimum Gasteiger partial charge on any atom is -0.464 e. The molecule has 2 rings (SSSR count). The molecule has 0 amide bonds. The Morgan fingerprint density at radius 1 is 1.39 bits per heavy atom. The van der Waals surface area contributed by atoms with E-state index >= 15 is 0 Å². The second-order valence-corrected chi connectivity index (χ2v) is 4.86. The highest BCUT2D eigenvalue weighted by molar-refractivity contribution is 5.81. The lowest BCUT2D eigenvalue weighted by atomic mass is 9.99. The zero-order chi connectivity index (χ0) is 13.0. The summed E-state index contributed by atoms with van der Waals surface area (Å²) < 4.78 is 5.62. The van der Waals surface area contributed by atoms with Gasteiger partial charge >= 0.3 is 0 Å². The number of nitrogens with one attached hydrogen (secondary N) is 1. The summed E-state index contributed by atoms with van der Waals surface area (Å²) in [7, 11) is 0. The minimum absolute atomic E-state index is 0.297. The minimum atomic E-state index is 0.297. The van der Waals surface area contributed by atoms with E-state index in [-0.39, 0.29) is 0 Å². The van der Waals surface area contributed by atoms with Crippen LogP contribution in [0.2, 0.25) is 0 Å². The first-order valence-corrected chi connectivity index (χ1v) is 6.56. The van der Waals surface area contributed by atoms with Crippen LogP contribution in [0.25, 0.3) is 11.0 Å². The number of para-hydroxylation sites is 1. The molecule has 2 heteroatoms. The van der Waals surface area contributed by atoms with E-state index in [2.05, 4.69) is 37.9 Å². The van der Waals surface area contributed by atoms with Gasteiger partial charge in [0.2, 0.25) is 0 Å². The van der Waals surface area contributed by atoms with Crippen LogP contribution in [0.5, 0.6) is 0 Å². The molecule has 0 bridgehead atoms. The third kappa shape index (κ3) is 2.82. The molecule has 1 atom stereocenters. The van der Waals surface area contributed by atoms with Crippen LogP contribution < -0.4 is 5.32 Å². The van der Waals surface area contributed by atoms with Gasteiger partial charge in [-0.05, 0) is 32.4 Å². The van der Waals surface area contributed by atoms with Crippen LogP contribution >= 0.6 is 0 Å². The van der Waals surface area contributed by atoms with Gasteiger partial charge in [-0.15, -0.1) is 6.58 Å². The summed E-state index contributed by atoms with van der Waals surface area (Å²) in [6.07, 6.45) is 3.95. The van der Waals surface area contributed by atoms with Crippen molar-refractivity contribution in [1.29, 1.82) is 0 Å². The second kappa shape index (κ2) is 5.87. The monoisotopic (exact) mass is 243 g/mol. The van der Waals surface area contributed by atoms with Gasteiger partial charge in [0.15, 0.2) is 0 Å². The van der Waals surface area contributed by atoms with Gasteiger partial charge in [-0.1, -0.05) is 30.7 Å². The summed E-state index contributed by atoms with van der Waals surface area (Å²) >= 11 is 0. The highest BCUT2D eigenvalue weighted by atomic mass is 16.3. The molecule has 18 heavy (non-hydrogen) atoms. The van der Waals surface area contributed by atoms with Crippen LogP contribution in [-0.2, 0) is 0 Å². The molecule has 1 aromatic heterocycles. The molecule has 0 radical (unpaired) electrons. The first-order valence-electron chi connectivity index (χ1n) is 6.56. The molecule has 1 heterocycles. The molecule has 0 aliphatic rings. The third-order valence-corrected chi connectivity index (χ3v) is 3.08. The van der Waals surface area contributed by atoms with Crippen molar-refractivity contribution in [2.45, 2.75) is 32.7 Å². The molecule has 2 aromatic rings. The Morgan fingerprint density at radius 3 is 2.89 bits per heavy atom. The average molecular weight is 243 g/mol. The van der Waals surface area contributed by atoms with Crippen LogP contribution in [-0.4, -0.2) is 6.54 Å². The summed E-state index contributed by atoms with van der Waals surface area (Å²) in [5.41, 5.74) is 3.38. The van der Waals surface area contributed by atoms with E-state index in [1.54, 1.807) is 0 Å². The van der Waals surface area contributed by atoms with Gasteiger partial charge in [0.1, 0.15) is 5.58 Å². The van der Waals surface area contributed by atoms with Crippen LogP contribution in [0.3, 0.4) is 0 Å². The number of hydrogen-bond donors (Lipinski definition) is 1. The van der Waals surface area contributed by atoms with Crippen molar-refractivity contribution in [3.05, 3.63) is 48.2 Å². The molecule has 2 nitrogen and oxygen atoms in total. The molecular formula is C16H21NO. The Labute approximate surface area is 109 Å². The largest absolute Gasteiger partial charge is 0.464 e. The van der Waals surface area contributed by atoms with Crippen molar-refractivity contribution in [1.82, 2.24) is 5.32 Å². The Bertz CT molecular complexity index is 527. The Hall–Kier alpha value is -1.54. The molecule has 1 unspecified atom stereocenters. The second-order valence-electron chi connectivity index (χ2n) is 4.86. The van der Waals surface area contributed by atoms with E-state index in [1.165, 1.54) is 16.5 Å². The summed E-state index contributed by atoms with van der Waals surface area (Å²) in [5, 5.41) is 4.78. The predicted octanol–water partition coefficient (Wildman–Crippen LogP) is 4.44. The SMILES string of the molecule is C=C(C)CC(NCCC)c1coc2ccccc12. The summed E-state index contributed by atoms with van der Waals surface area (Å²) in [6.45, 7) is 9.28. The van der Waals surface area contributed by atoms with E-state index in [9.17, 15) is 0 Å². The zero-order valence-corrected chi connectivity index (χ0v) is 11.2. The topological polar surface area (TPSA) is 25.2 Å². The molecule has 0 aliphatic heterocycles. The molecule has 96 valence electrons. The van der Waals surface area contributed by atoms with E-state index < -0.39 is 0 Å². The lowest BCUT2D eigenvalue weighted by Gasteiger charge is -2.17. The van der Waals surface area contributed by atoms with Crippen molar-refractivity contribution in [3.63, 3.8) is 0 Å². The Balaban J connectivity index is 2.31. The molecule has 0 spiro atoms. The fourth-order valence-corrected chi connectivity index (χ4v) is 2.23. The summed E-state index contributed by atoms with van der Waals surface area (Å²) in [4.78, 5) is 0. The zero-order valence-electron chi connectivity index (χ0n) is 11.2. The highest BCUT2D eigenvalue weighted by Crippen LogP contribution is 2.29. The normalized spacial score (nSPS) is 12.8. The van der Waals surface area contributed by atoms with Crippen LogP contribution in [0.4, 0.5) is 0 Å². The van der Waals surface area contributed by atoms with Gasteiger partial charge < -0.3 is 9.73 Å². The number of fused-ring (bicyclic) bond motifs is 1. The molecule has 0 aliphatic carbocycles. The van der Waals surface area contributed by atoms with Gasteiger partial charge in [0.25, 0.3) is 0 Å². The fraction of sp³-hybridized carbons (Fsp3) is 0.375. The first kappa shape index (κ1) is 12.9. The number of benzene rings is 1. The first-order chi connectivity index (χ1) is 8.72. The maximum atomic E-state index is 5.62. The summed E-state index contributed by atoms with van der Waals surface area (Å²) in [6, 6.07) is 8.48. The van der Waals surface area contributed by atoms with Crippen molar-refractivity contribution < 1.29 is 4.42 Å². The standard InChI is InChI=1S/C16H21NO/c1-4-9-17-15(10-12(2)3)14-11-18-16-8-6-5-7-13(14)16/h5-8,11,15,17H,2,4,9-10H2,1,3H3. The maximum Gasteiger partial charge on any atom is 0.134 e. The lowest BCUT2D eigenvalue weighted by molar-refractivity contribution is 0.518. The fourth-order valence-electron chi connectivity index (χ4n) is 2.23. The highest BCUT2D eigenvalue weighted by Gasteiger charge is 2.16. The molecule has 0 fully saturated rings. The van der Waals surface area contributed by atoms with Gasteiger partial charge in [-0.25, -0.2) is 0 Å². The Morgan fingerprint density at radius 2 is 2.17 bits per heavy atom. The van der Waals surface area contributed by atoms with Crippen LogP contribution in [0.15, 0.2) is 47.1 Å². The lowest BCUT2D eigenvalue weighted by Crippen LogP contribution is -2.22. The van der Waals surface area contributed by atoms with Crippen molar-refractivity contribution in [3.8, 4) is 0 Å². The molecule has 0 saturated heterocycles. The third-order valence-electron chi connectivity index (χ3n) is 3.08. The molecule has 0 saturated carbocycles. The van der Waals surface area contributed by atoms with Gasteiger partial charge in [0, 0.05) is 17.0 Å². The van der Waals surface area contributed by atoms with E-state index in [4.69, 9.17) is 4.42 Å². The van der Waals surface area contributed by atoms with E-state index in [0.29, 0.717) is 6.04 Å². The average Bonchev–Trinajstić information content (AvgIpc) is 2.78. The predicted molar refractivity (Wildman–Crippen MR) is 76.7 cm³/mol. The Kier molecular flexibility index (Phi) is 4.21. The van der Waals surface area contributed by atoms with Crippen molar-refractivity contribution >= 4 is 11.0 Å². The smallest absolute Gasteiger partial charge is 0.134 e. The van der Waals surface area contributed by atoms with Crippen molar-refractivity contribution in [2.24, 2.45) is 0 Å². The number of hydrogen-bond acceptors (Lipinski definition) is 2. The maximum absolute atomic E-state index is 5.62. The van der Waals surface area contributed by atoms with E-state index in [0.717, 1.165) is 25.0 Å². The summed E-state index contributed by atoms with van der Waals surface area (Å²) in [5.74, 6) is 0.